The standard InChI is InChI=1S/C11H13NO/c1-9-4-6-10(7-5-9)12-8-2-3-11(12)13/h4-7H,2-3,8H2,1H3/i11+1. The van der Waals surface area contributed by atoms with Gasteiger partial charge in [-0.15, -0.1) is 0 Å². The molecule has 1 fully saturated rings. The maximum Gasteiger partial charge on any atom is 0.227 e. The van der Waals surface area contributed by atoms with Crippen LogP contribution in [0.25, 0.3) is 0 Å². The lowest BCUT2D eigenvalue weighted by Gasteiger charge is -2.15. The van der Waals surface area contributed by atoms with Crippen LogP contribution in [-0.2, 0) is 4.79 Å². The third-order valence-electron chi connectivity index (χ3n) is 2.42. The minimum absolute atomic E-state index is 0.254. The average Bonchev–Trinajstić information content (AvgIpc) is 2.53. The topological polar surface area (TPSA) is 20.3 Å². The molecule has 0 radical (unpaired) electrons. The fraction of sp³-hybridized carbons (Fsp3) is 0.364. The van der Waals surface area contributed by atoms with Crippen molar-refractivity contribution in [2.24, 2.45) is 0 Å². The van der Waals surface area contributed by atoms with Crippen molar-refractivity contribution >= 4 is 11.6 Å². The highest BCUT2D eigenvalue weighted by molar-refractivity contribution is 5.95. The van der Waals surface area contributed by atoms with Gasteiger partial charge in [0, 0.05) is 18.7 Å². The van der Waals surface area contributed by atoms with Crippen molar-refractivity contribution in [1.29, 1.82) is 0 Å². The second-order valence-corrected chi connectivity index (χ2v) is 3.48. The lowest BCUT2D eigenvalue weighted by atomic mass is 10.2. The first-order valence-electron chi connectivity index (χ1n) is 4.64. The summed E-state index contributed by atoms with van der Waals surface area (Å²) in [6, 6.07) is 8.11. The summed E-state index contributed by atoms with van der Waals surface area (Å²) < 4.78 is 0. The third kappa shape index (κ3) is 1.57. The molecule has 1 saturated heterocycles. The van der Waals surface area contributed by atoms with Crippen LogP contribution >= 0.6 is 0 Å². The van der Waals surface area contributed by atoms with Gasteiger partial charge in [0.1, 0.15) is 0 Å². The second kappa shape index (κ2) is 3.21. The largest absolute Gasteiger partial charge is 0.312 e. The molecule has 0 aromatic heterocycles. The van der Waals surface area contributed by atoms with Gasteiger partial charge in [-0.3, -0.25) is 4.79 Å². The summed E-state index contributed by atoms with van der Waals surface area (Å²) in [5, 5.41) is 0. The van der Waals surface area contributed by atoms with E-state index in [0.29, 0.717) is 6.42 Å². The Kier molecular flexibility index (Phi) is 2.05. The molecule has 2 nitrogen and oxygen atoms in total. The normalized spacial score (nSPS) is 16.7. The number of aryl methyl sites for hydroxylation is 1. The highest BCUT2D eigenvalue weighted by Gasteiger charge is 2.20. The summed E-state index contributed by atoms with van der Waals surface area (Å²) >= 11 is 0. The summed E-state index contributed by atoms with van der Waals surface area (Å²) in [5.41, 5.74) is 2.27. The van der Waals surface area contributed by atoms with Gasteiger partial charge in [-0.2, -0.15) is 0 Å². The average molecular weight is 176 g/mol. The SMILES string of the molecule is Cc1ccc(N2CCC[13C]2=O)cc1. The fourth-order valence-electron chi connectivity index (χ4n) is 1.65. The Bertz CT molecular complexity index is 315. The molecule has 0 N–H and O–H groups in total. The quantitative estimate of drug-likeness (QED) is 0.600. The molecule has 0 aliphatic carbocycles. The molecule has 0 unspecified atom stereocenters. The molecule has 2 rings (SSSR count). The van der Waals surface area contributed by atoms with Crippen LogP contribution in [0.3, 0.4) is 0 Å². The van der Waals surface area contributed by atoms with Crippen LogP contribution in [-0.4, -0.2) is 12.5 Å². The smallest absolute Gasteiger partial charge is 0.227 e. The van der Waals surface area contributed by atoms with Crippen LogP contribution in [0.2, 0.25) is 0 Å². The number of carbonyl (C=O) groups excluding carboxylic acids is 1. The highest BCUT2D eigenvalue weighted by Crippen LogP contribution is 2.21. The maximum absolute atomic E-state index is 11.4. The summed E-state index contributed by atoms with van der Waals surface area (Å²) in [5.74, 6) is 0.254. The number of rotatable bonds is 1. The predicted octanol–water partition coefficient (Wildman–Crippen LogP) is 2.12. The zero-order chi connectivity index (χ0) is 9.26. The summed E-state index contributed by atoms with van der Waals surface area (Å²) in [6.45, 7) is 2.93. The zero-order valence-corrected chi connectivity index (χ0v) is 7.79. The van der Waals surface area contributed by atoms with Crippen LogP contribution in [0.1, 0.15) is 18.4 Å². The van der Waals surface area contributed by atoms with Crippen molar-refractivity contribution in [3.63, 3.8) is 0 Å². The van der Waals surface area contributed by atoms with Crippen LogP contribution in [0, 0.1) is 6.92 Å². The van der Waals surface area contributed by atoms with Crippen molar-refractivity contribution in [2.45, 2.75) is 19.8 Å². The van der Waals surface area contributed by atoms with Crippen molar-refractivity contribution in [3.8, 4) is 0 Å². The monoisotopic (exact) mass is 176 g/mol. The molecular weight excluding hydrogens is 163 g/mol. The molecule has 1 aromatic rings. The molecule has 13 heavy (non-hydrogen) atoms. The minimum Gasteiger partial charge on any atom is -0.312 e. The van der Waals surface area contributed by atoms with E-state index < -0.39 is 0 Å². The predicted molar refractivity (Wildman–Crippen MR) is 52.8 cm³/mol. The first kappa shape index (κ1) is 8.30. The number of amides is 1. The molecule has 2 heteroatoms. The number of hydrogen-bond acceptors (Lipinski definition) is 1. The number of benzene rings is 1. The van der Waals surface area contributed by atoms with E-state index in [-0.39, 0.29) is 5.91 Å². The van der Waals surface area contributed by atoms with E-state index in [1.165, 1.54) is 5.56 Å². The van der Waals surface area contributed by atoms with Crippen LogP contribution < -0.4 is 4.90 Å². The minimum atomic E-state index is 0.254. The Morgan fingerprint density at radius 1 is 1.23 bits per heavy atom. The van der Waals surface area contributed by atoms with E-state index in [9.17, 15) is 4.79 Å². The van der Waals surface area contributed by atoms with Gasteiger partial charge in [-0.05, 0) is 25.5 Å². The lowest BCUT2D eigenvalue weighted by Crippen LogP contribution is -2.23. The van der Waals surface area contributed by atoms with E-state index in [2.05, 4.69) is 6.92 Å². The van der Waals surface area contributed by atoms with Gasteiger partial charge < -0.3 is 4.90 Å². The van der Waals surface area contributed by atoms with Crippen molar-refractivity contribution < 1.29 is 4.79 Å². The van der Waals surface area contributed by atoms with Gasteiger partial charge in [0.15, 0.2) is 0 Å². The summed E-state index contributed by atoms with van der Waals surface area (Å²) in [6.07, 6.45) is 1.70. The zero-order valence-electron chi connectivity index (χ0n) is 7.79. The molecule has 0 atom stereocenters. The number of anilines is 1. The Hall–Kier alpha value is -1.31. The van der Waals surface area contributed by atoms with Gasteiger partial charge >= 0.3 is 0 Å². The molecule has 0 spiro atoms. The second-order valence-electron chi connectivity index (χ2n) is 3.48. The van der Waals surface area contributed by atoms with E-state index in [4.69, 9.17) is 0 Å². The van der Waals surface area contributed by atoms with Crippen LogP contribution in [0.15, 0.2) is 24.3 Å². The lowest BCUT2D eigenvalue weighted by molar-refractivity contribution is -0.117. The van der Waals surface area contributed by atoms with E-state index >= 15 is 0 Å². The molecule has 1 aromatic carbocycles. The van der Waals surface area contributed by atoms with Crippen LogP contribution in [0.5, 0.6) is 0 Å². The van der Waals surface area contributed by atoms with E-state index in [0.717, 1.165) is 18.7 Å². The maximum atomic E-state index is 11.4. The molecule has 1 aliphatic heterocycles. The fourth-order valence-corrected chi connectivity index (χ4v) is 1.65. The number of hydrogen-bond donors (Lipinski definition) is 0. The summed E-state index contributed by atoms with van der Waals surface area (Å²) in [4.78, 5) is 13.2. The Morgan fingerprint density at radius 3 is 2.46 bits per heavy atom. The molecule has 68 valence electrons. The molecule has 1 heterocycles. The van der Waals surface area contributed by atoms with Gasteiger partial charge in [0.25, 0.3) is 0 Å². The third-order valence-corrected chi connectivity index (χ3v) is 2.42. The van der Waals surface area contributed by atoms with Gasteiger partial charge in [0.2, 0.25) is 5.91 Å². The summed E-state index contributed by atoms with van der Waals surface area (Å²) in [7, 11) is 0. The van der Waals surface area contributed by atoms with Crippen molar-refractivity contribution in [2.75, 3.05) is 11.4 Å². The van der Waals surface area contributed by atoms with E-state index in [1.807, 2.05) is 29.2 Å². The van der Waals surface area contributed by atoms with Crippen molar-refractivity contribution in [3.05, 3.63) is 29.8 Å². The Balaban J connectivity index is 2.25. The van der Waals surface area contributed by atoms with Crippen molar-refractivity contribution in [1.82, 2.24) is 0 Å². The van der Waals surface area contributed by atoms with Gasteiger partial charge in [0.05, 0.1) is 0 Å². The highest BCUT2D eigenvalue weighted by atomic mass is 16.2. The number of nitrogens with zero attached hydrogens (tertiary/aromatic N) is 1. The molecule has 0 bridgehead atoms. The Labute approximate surface area is 78.2 Å². The first-order chi connectivity index (χ1) is 6.27. The Morgan fingerprint density at radius 2 is 1.92 bits per heavy atom. The molecule has 1 aliphatic rings. The first-order valence-corrected chi connectivity index (χ1v) is 4.64. The number of carbonyl (C=O) groups is 1. The molecular formula is C11H13NO. The van der Waals surface area contributed by atoms with E-state index in [1.54, 1.807) is 0 Å². The van der Waals surface area contributed by atoms with Crippen LogP contribution in [0.4, 0.5) is 5.69 Å². The molecule has 0 saturated carbocycles. The van der Waals surface area contributed by atoms with Gasteiger partial charge in [-0.1, -0.05) is 17.7 Å². The molecule has 1 amide bonds. The van der Waals surface area contributed by atoms with Gasteiger partial charge in [-0.25, -0.2) is 0 Å².